The molecule has 0 bridgehead atoms. The van der Waals surface area contributed by atoms with Crippen LogP contribution < -0.4 is 9.64 Å². The van der Waals surface area contributed by atoms with Gasteiger partial charge in [-0.25, -0.2) is 17.7 Å². The Morgan fingerprint density at radius 1 is 1.28 bits per heavy atom. The van der Waals surface area contributed by atoms with Crippen LogP contribution in [0.15, 0.2) is 36.7 Å². The van der Waals surface area contributed by atoms with Crippen molar-refractivity contribution in [3.8, 4) is 5.75 Å². The van der Waals surface area contributed by atoms with Crippen LogP contribution in [0, 0.1) is 5.92 Å². The number of hydrogen-bond donors (Lipinski definition) is 0. The summed E-state index contributed by atoms with van der Waals surface area (Å²) in [6.45, 7) is 3.18. The predicted molar refractivity (Wildman–Crippen MR) is 123 cm³/mol. The van der Waals surface area contributed by atoms with E-state index >= 15 is 0 Å². The van der Waals surface area contributed by atoms with Gasteiger partial charge in [-0.15, -0.1) is 0 Å². The van der Waals surface area contributed by atoms with E-state index in [2.05, 4.69) is 9.88 Å². The lowest BCUT2D eigenvalue weighted by Crippen LogP contribution is -2.49. The molecule has 4 heterocycles. The standard InChI is InChI=1S/C23H32N4O4S/c1-30-22-7-8-23(25-21(22)13-18-9-12-31-17-18)27(15-19-5-3-10-24-14-19)20-6-4-11-26(16-20)32(2,28)29/h3,5,7-8,10,14,18,20H,4,6,9,11-13,15-17H2,1-2H3/t18-,20?/m0/s1. The van der Waals surface area contributed by atoms with Gasteiger partial charge in [-0.1, -0.05) is 6.07 Å². The van der Waals surface area contributed by atoms with Crippen LogP contribution in [0.5, 0.6) is 5.75 Å². The van der Waals surface area contributed by atoms with Crippen molar-refractivity contribution < 1.29 is 17.9 Å². The Morgan fingerprint density at radius 2 is 2.16 bits per heavy atom. The summed E-state index contributed by atoms with van der Waals surface area (Å²) in [4.78, 5) is 11.5. The van der Waals surface area contributed by atoms with Crippen molar-refractivity contribution in [1.29, 1.82) is 0 Å². The molecule has 2 aromatic heterocycles. The van der Waals surface area contributed by atoms with Gasteiger partial charge in [0.25, 0.3) is 0 Å². The van der Waals surface area contributed by atoms with Crippen LogP contribution in [0.25, 0.3) is 0 Å². The Balaban J connectivity index is 1.66. The predicted octanol–water partition coefficient (Wildman–Crippen LogP) is 2.49. The van der Waals surface area contributed by atoms with Crippen LogP contribution in [0.4, 0.5) is 5.82 Å². The second-order valence-electron chi connectivity index (χ2n) is 8.66. The van der Waals surface area contributed by atoms with Gasteiger partial charge in [0.1, 0.15) is 11.6 Å². The molecule has 8 nitrogen and oxygen atoms in total. The molecule has 9 heteroatoms. The number of aromatic nitrogens is 2. The van der Waals surface area contributed by atoms with E-state index in [9.17, 15) is 8.42 Å². The average molecular weight is 461 g/mol. The molecule has 0 N–H and O–H groups in total. The maximum Gasteiger partial charge on any atom is 0.211 e. The van der Waals surface area contributed by atoms with Crippen LogP contribution in [0.1, 0.15) is 30.5 Å². The van der Waals surface area contributed by atoms with Crippen molar-refractivity contribution in [3.63, 3.8) is 0 Å². The molecular formula is C23H32N4O4S. The highest BCUT2D eigenvalue weighted by atomic mass is 32.2. The van der Waals surface area contributed by atoms with E-state index in [1.165, 1.54) is 6.26 Å². The zero-order valence-electron chi connectivity index (χ0n) is 18.8. The topological polar surface area (TPSA) is 84.9 Å². The van der Waals surface area contributed by atoms with Crippen molar-refractivity contribution in [3.05, 3.63) is 47.9 Å². The van der Waals surface area contributed by atoms with Gasteiger partial charge in [0.15, 0.2) is 0 Å². The lowest BCUT2D eigenvalue weighted by atomic mass is 10.0. The number of nitrogens with zero attached hydrogens (tertiary/aromatic N) is 4. The van der Waals surface area contributed by atoms with Crippen molar-refractivity contribution in [2.24, 2.45) is 5.92 Å². The summed E-state index contributed by atoms with van der Waals surface area (Å²) in [6, 6.07) is 7.94. The van der Waals surface area contributed by atoms with Gasteiger partial charge >= 0.3 is 0 Å². The minimum absolute atomic E-state index is 0.0299. The van der Waals surface area contributed by atoms with Crippen molar-refractivity contribution in [1.82, 2.24) is 14.3 Å². The molecule has 2 fully saturated rings. The van der Waals surface area contributed by atoms with Gasteiger partial charge in [-0.05, 0) is 55.4 Å². The first-order valence-corrected chi connectivity index (χ1v) is 13.0. The van der Waals surface area contributed by atoms with Crippen LogP contribution in [-0.2, 0) is 27.7 Å². The Hall–Kier alpha value is -2.23. The summed E-state index contributed by atoms with van der Waals surface area (Å²) >= 11 is 0. The monoisotopic (exact) mass is 460 g/mol. The lowest BCUT2D eigenvalue weighted by Gasteiger charge is -2.39. The molecule has 2 aliphatic rings. The second kappa shape index (κ2) is 10.1. The second-order valence-corrected chi connectivity index (χ2v) is 10.6. The highest BCUT2D eigenvalue weighted by Gasteiger charge is 2.31. The van der Waals surface area contributed by atoms with E-state index < -0.39 is 10.0 Å². The fourth-order valence-corrected chi connectivity index (χ4v) is 5.45. The molecule has 2 aromatic rings. The SMILES string of the molecule is COc1ccc(N(Cc2cccnc2)C2CCCN(S(C)(=O)=O)C2)nc1C[C@@H]1CCOC1. The van der Waals surface area contributed by atoms with Crippen LogP contribution >= 0.6 is 0 Å². The summed E-state index contributed by atoms with van der Waals surface area (Å²) in [6.07, 6.45) is 8.46. The van der Waals surface area contributed by atoms with Crippen LogP contribution in [-0.4, -0.2) is 68.4 Å². The molecule has 2 atom stereocenters. The molecule has 4 rings (SSSR count). The smallest absolute Gasteiger partial charge is 0.211 e. The summed E-state index contributed by atoms with van der Waals surface area (Å²) < 4.78 is 37.2. The van der Waals surface area contributed by atoms with E-state index in [0.717, 1.165) is 61.7 Å². The van der Waals surface area contributed by atoms with Crippen LogP contribution in [0.3, 0.4) is 0 Å². The van der Waals surface area contributed by atoms with Gasteiger partial charge in [0.05, 0.1) is 19.1 Å². The molecule has 0 aliphatic carbocycles. The van der Waals surface area contributed by atoms with Crippen molar-refractivity contribution >= 4 is 15.8 Å². The number of piperidine rings is 1. The Bertz CT molecular complexity index is 996. The fourth-order valence-electron chi connectivity index (χ4n) is 4.55. The zero-order chi connectivity index (χ0) is 22.6. The largest absolute Gasteiger partial charge is 0.495 e. The fraction of sp³-hybridized carbons (Fsp3) is 0.565. The van der Waals surface area contributed by atoms with Crippen molar-refractivity contribution in [2.45, 2.75) is 38.3 Å². The summed E-state index contributed by atoms with van der Waals surface area (Å²) in [5, 5.41) is 0. The minimum Gasteiger partial charge on any atom is -0.495 e. The number of anilines is 1. The minimum atomic E-state index is -3.24. The van der Waals surface area contributed by atoms with Crippen molar-refractivity contribution in [2.75, 3.05) is 44.6 Å². The number of ether oxygens (including phenoxy) is 2. The molecule has 0 radical (unpaired) electrons. The molecule has 0 amide bonds. The van der Waals surface area contributed by atoms with Gasteiger partial charge < -0.3 is 14.4 Å². The highest BCUT2D eigenvalue weighted by Crippen LogP contribution is 2.30. The lowest BCUT2D eigenvalue weighted by molar-refractivity contribution is 0.185. The third-order valence-corrected chi connectivity index (χ3v) is 7.55. The Morgan fingerprint density at radius 3 is 2.84 bits per heavy atom. The maximum absolute atomic E-state index is 12.2. The average Bonchev–Trinajstić information content (AvgIpc) is 3.31. The first-order chi connectivity index (χ1) is 15.4. The number of rotatable bonds is 8. The molecular weight excluding hydrogens is 428 g/mol. The molecule has 32 heavy (non-hydrogen) atoms. The molecule has 174 valence electrons. The number of hydrogen-bond acceptors (Lipinski definition) is 7. The van der Waals surface area contributed by atoms with Crippen LogP contribution in [0.2, 0.25) is 0 Å². The van der Waals surface area contributed by atoms with Gasteiger partial charge in [0, 0.05) is 51.3 Å². The van der Waals surface area contributed by atoms with Gasteiger partial charge in [-0.2, -0.15) is 0 Å². The van der Waals surface area contributed by atoms with E-state index in [1.807, 2.05) is 30.5 Å². The van der Waals surface area contributed by atoms with E-state index in [4.69, 9.17) is 14.5 Å². The Labute approximate surface area is 190 Å². The van der Waals surface area contributed by atoms with E-state index in [1.54, 1.807) is 17.6 Å². The summed E-state index contributed by atoms with van der Waals surface area (Å²) in [5.41, 5.74) is 1.99. The molecule has 1 unspecified atom stereocenters. The first kappa shape index (κ1) is 22.9. The van der Waals surface area contributed by atoms with E-state index in [-0.39, 0.29) is 6.04 Å². The Kier molecular flexibility index (Phi) is 7.27. The maximum atomic E-state index is 12.2. The normalized spacial score (nSPS) is 22.1. The molecule has 0 saturated carbocycles. The third kappa shape index (κ3) is 5.57. The zero-order valence-corrected chi connectivity index (χ0v) is 19.6. The molecule has 2 saturated heterocycles. The van der Waals surface area contributed by atoms with Gasteiger partial charge in [0.2, 0.25) is 10.0 Å². The molecule has 2 aliphatic heterocycles. The summed E-state index contributed by atoms with van der Waals surface area (Å²) in [7, 11) is -1.57. The summed E-state index contributed by atoms with van der Waals surface area (Å²) in [5.74, 6) is 2.06. The number of methoxy groups -OCH3 is 1. The third-order valence-electron chi connectivity index (χ3n) is 6.28. The van der Waals surface area contributed by atoms with Gasteiger partial charge in [-0.3, -0.25) is 4.98 Å². The molecule has 0 spiro atoms. The first-order valence-electron chi connectivity index (χ1n) is 11.2. The number of sulfonamides is 1. The highest BCUT2D eigenvalue weighted by molar-refractivity contribution is 7.88. The molecule has 0 aromatic carbocycles. The quantitative estimate of drug-likeness (QED) is 0.598. The number of pyridine rings is 2. The van der Waals surface area contributed by atoms with E-state index in [0.29, 0.717) is 25.6 Å².